The van der Waals surface area contributed by atoms with Crippen LogP contribution in [0.1, 0.15) is 10.4 Å². The number of pyridine rings is 1. The van der Waals surface area contributed by atoms with Gasteiger partial charge in [0.25, 0.3) is 11.8 Å². The number of anilines is 1. The van der Waals surface area contributed by atoms with E-state index in [4.69, 9.17) is 17.3 Å². The quantitative estimate of drug-likeness (QED) is 0.612. The van der Waals surface area contributed by atoms with E-state index in [0.29, 0.717) is 0 Å². The molecule has 3 rings (SSSR count). The van der Waals surface area contributed by atoms with Crippen LogP contribution in [0.3, 0.4) is 0 Å². The van der Waals surface area contributed by atoms with Gasteiger partial charge < -0.3 is 21.3 Å². The molecular formula is C19H20ClFN6O3. The summed E-state index contributed by atoms with van der Waals surface area (Å²) >= 11 is 5.77. The van der Waals surface area contributed by atoms with Gasteiger partial charge in [0.15, 0.2) is 6.17 Å². The van der Waals surface area contributed by atoms with Gasteiger partial charge in [-0.15, -0.1) is 0 Å². The van der Waals surface area contributed by atoms with Gasteiger partial charge in [-0.3, -0.25) is 14.5 Å². The Kier molecular flexibility index (Phi) is 6.80. The third kappa shape index (κ3) is 4.84. The molecule has 0 bridgehead atoms. The highest BCUT2D eigenvalue weighted by Crippen LogP contribution is 2.21. The molecule has 1 saturated heterocycles. The first-order chi connectivity index (χ1) is 14.4. The van der Waals surface area contributed by atoms with E-state index < -0.39 is 29.8 Å². The van der Waals surface area contributed by atoms with E-state index in [1.54, 1.807) is 0 Å². The smallest absolute Gasteiger partial charge is 0.323 e. The number of carbonyl (C=O) groups excluding carboxylic acids is 3. The largest absolute Gasteiger partial charge is 0.351 e. The lowest BCUT2D eigenvalue weighted by molar-refractivity contribution is -0.127. The van der Waals surface area contributed by atoms with Gasteiger partial charge in [0.05, 0.1) is 5.56 Å². The summed E-state index contributed by atoms with van der Waals surface area (Å²) in [5, 5.41) is 5.37. The van der Waals surface area contributed by atoms with Gasteiger partial charge in [0.1, 0.15) is 11.0 Å². The maximum atomic E-state index is 13.4. The lowest BCUT2D eigenvalue weighted by atomic mass is 10.2. The monoisotopic (exact) mass is 434 g/mol. The maximum Gasteiger partial charge on any atom is 0.323 e. The molecular weight excluding hydrogens is 415 g/mol. The van der Waals surface area contributed by atoms with Gasteiger partial charge in [0, 0.05) is 38.1 Å². The Morgan fingerprint density at radius 3 is 2.63 bits per heavy atom. The fourth-order valence-corrected chi connectivity index (χ4v) is 3.16. The van der Waals surface area contributed by atoms with Crippen LogP contribution in [0, 0.1) is 5.82 Å². The summed E-state index contributed by atoms with van der Waals surface area (Å²) < 4.78 is 13.4. The second-order valence-electron chi connectivity index (χ2n) is 6.46. The van der Waals surface area contributed by atoms with Crippen LogP contribution in [0.2, 0.25) is 5.15 Å². The Morgan fingerprint density at radius 2 is 1.97 bits per heavy atom. The number of carbonyl (C=O) groups is 3. The van der Waals surface area contributed by atoms with E-state index in [0.717, 1.165) is 6.07 Å². The van der Waals surface area contributed by atoms with Crippen LogP contribution < -0.4 is 16.4 Å². The molecule has 0 spiro atoms. The number of rotatable bonds is 5. The van der Waals surface area contributed by atoms with Gasteiger partial charge in [-0.2, -0.15) is 0 Å². The van der Waals surface area contributed by atoms with E-state index >= 15 is 0 Å². The van der Waals surface area contributed by atoms with Gasteiger partial charge in [-0.25, -0.2) is 14.2 Å². The van der Waals surface area contributed by atoms with Crippen molar-refractivity contribution in [3.63, 3.8) is 0 Å². The van der Waals surface area contributed by atoms with Crippen molar-refractivity contribution >= 4 is 35.1 Å². The fourth-order valence-electron chi connectivity index (χ4n) is 3.05. The number of amides is 4. The normalized spacial score (nSPS) is 15.8. The molecule has 1 fully saturated rings. The van der Waals surface area contributed by atoms with E-state index in [2.05, 4.69) is 15.6 Å². The molecule has 2 heterocycles. The Hall–Kier alpha value is -3.24. The van der Waals surface area contributed by atoms with Crippen LogP contribution >= 0.6 is 11.6 Å². The first-order valence-corrected chi connectivity index (χ1v) is 9.52. The minimum absolute atomic E-state index is 0.106. The molecule has 2 aromatic rings. The number of nitrogens with zero attached hydrogens (tertiary/aromatic N) is 3. The van der Waals surface area contributed by atoms with Gasteiger partial charge >= 0.3 is 6.03 Å². The van der Waals surface area contributed by atoms with Crippen LogP contribution in [-0.4, -0.2) is 65.0 Å². The Bertz CT molecular complexity index is 942. The number of hydrogen-bond acceptors (Lipinski definition) is 5. The average Bonchev–Trinajstić information content (AvgIpc) is 3.17. The van der Waals surface area contributed by atoms with Gasteiger partial charge in [0.2, 0.25) is 0 Å². The van der Waals surface area contributed by atoms with Gasteiger partial charge in [-0.05, 0) is 30.3 Å². The topological polar surface area (TPSA) is 121 Å². The van der Waals surface area contributed by atoms with Crippen molar-refractivity contribution in [1.82, 2.24) is 20.1 Å². The van der Waals surface area contributed by atoms with Crippen LogP contribution in [-0.2, 0) is 4.79 Å². The number of hydrogen-bond donors (Lipinski definition) is 3. The minimum Gasteiger partial charge on any atom is -0.351 e. The molecule has 4 N–H and O–H groups in total. The summed E-state index contributed by atoms with van der Waals surface area (Å²) in [7, 11) is 0. The number of halogens is 2. The van der Waals surface area contributed by atoms with Crippen molar-refractivity contribution in [2.75, 3.05) is 31.5 Å². The summed E-state index contributed by atoms with van der Waals surface area (Å²) in [5.41, 5.74) is 5.90. The number of nitrogens with one attached hydrogen (secondary N) is 2. The zero-order valence-corrected chi connectivity index (χ0v) is 16.6. The molecule has 1 unspecified atom stereocenters. The molecule has 0 aliphatic carbocycles. The van der Waals surface area contributed by atoms with Crippen LogP contribution in [0.5, 0.6) is 0 Å². The summed E-state index contributed by atoms with van der Waals surface area (Å²) in [5.74, 6) is -1.55. The SMILES string of the molecule is NCCNC(=O)C1N(C(=O)Nc2cccc(F)c2)CCN1C(=O)c1ccc(Cl)nc1. The van der Waals surface area contributed by atoms with Crippen molar-refractivity contribution in [2.45, 2.75) is 6.17 Å². The van der Waals surface area contributed by atoms with E-state index in [-0.39, 0.29) is 42.6 Å². The Labute approximate surface area is 177 Å². The van der Waals surface area contributed by atoms with Crippen molar-refractivity contribution < 1.29 is 18.8 Å². The predicted molar refractivity (Wildman–Crippen MR) is 108 cm³/mol. The minimum atomic E-state index is -1.20. The summed E-state index contributed by atoms with van der Waals surface area (Å²) in [6.45, 7) is 0.607. The second-order valence-corrected chi connectivity index (χ2v) is 6.84. The molecule has 0 radical (unpaired) electrons. The van der Waals surface area contributed by atoms with E-state index in [1.165, 1.54) is 46.3 Å². The molecule has 11 heteroatoms. The molecule has 9 nitrogen and oxygen atoms in total. The van der Waals surface area contributed by atoms with E-state index in [1.807, 2.05) is 0 Å². The first kappa shape index (κ1) is 21.5. The lowest BCUT2D eigenvalue weighted by Crippen LogP contribution is -2.55. The molecule has 4 amide bonds. The highest BCUT2D eigenvalue weighted by Gasteiger charge is 2.43. The third-order valence-corrected chi connectivity index (χ3v) is 4.65. The standard InChI is InChI=1S/C19H20ClFN6O3/c20-15-5-4-12(11-24-15)18(29)26-8-9-27(17(26)16(28)23-7-6-22)19(30)25-14-3-1-2-13(21)10-14/h1-5,10-11,17H,6-9,22H2,(H,23,28)(H,25,30). The predicted octanol–water partition coefficient (Wildman–Crippen LogP) is 1.27. The number of benzene rings is 1. The zero-order valence-electron chi connectivity index (χ0n) is 15.8. The molecule has 30 heavy (non-hydrogen) atoms. The molecule has 1 atom stereocenters. The number of nitrogens with two attached hydrogens (primary N) is 1. The molecule has 1 aromatic heterocycles. The average molecular weight is 435 g/mol. The van der Waals surface area contributed by atoms with Crippen molar-refractivity contribution in [3.8, 4) is 0 Å². The first-order valence-electron chi connectivity index (χ1n) is 9.14. The van der Waals surface area contributed by atoms with Crippen LogP contribution in [0.25, 0.3) is 0 Å². The van der Waals surface area contributed by atoms with Gasteiger partial charge in [-0.1, -0.05) is 17.7 Å². The van der Waals surface area contributed by atoms with Crippen LogP contribution in [0.15, 0.2) is 42.6 Å². The highest BCUT2D eigenvalue weighted by atomic mass is 35.5. The van der Waals surface area contributed by atoms with Crippen molar-refractivity contribution in [1.29, 1.82) is 0 Å². The lowest BCUT2D eigenvalue weighted by Gasteiger charge is -2.29. The summed E-state index contributed by atoms with van der Waals surface area (Å²) in [6.07, 6.45) is 0.0999. The fraction of sp³-hybridized carbons (Fsp3) is 0.263. The molecule has 158 valence electrons. The Balaban J connectivity index is 1.83. The second kappa shape index (κ2) is 9.51. The zero-order chi connectivity index (χ0) is 21.7. The summed E-state index contributed by atoms with van der Waals surface area (Å²) in [4.78, 5) is 44.8. The maximum absolute atomic E-state index is 13.4. The van der Waals surface area contributed by atoms with Crippen molar-refractivity contribution in [3.05, 3.63) is 59.1 Å². The van der Waals surface area contributed by atoms with Crippen molar-refractivity contribution in [2.24, 2.45) is 5.73 Å². The molecule has 1 aliphatic heterocycles. The Morgan fingerprint density at radius 1 is 1.20 bits per heavy atom. The van der Waals surface area contributed by atoms with Crippen LogP contribution in [0.4, 0.5) is 14.9 Å². The number of urea groups is 1. The molecule has 0 saturated carbocycles. The van der Waals surface area contributed by atoms with E-state index in [9.17, 15) is 18.8 Å². The number of aromatic nitrogens is 1. The molecule has 1 aliphatic rings. The molecule has 1 aromatic carbocycles. The highest BCUT2D eigenvalue weighted by molar-refractivity contribution is 6.29. The third-order valence-electron chi connectivity index (χ3n) is 4.42. The summed E-state index contributed by atoms with van der Waals surface area (Å²) in [6, 6.07) is 7.67.